The van der Waals surface area contributed by atoms with Gasteiger partial charge in [0.15, 0.2) is 11.9 Å². The molecule has 2 rings (SSSR count). The number of amides is 1. The Hall–Kier alpha value is -2.22. The Labute approximate surface area is 96.1 Å². The zero-order valence-corrected chi connectivity index (χ0v) is 8.78. The fourth-order valence-electron chi connectivity index (χ4n) is 1.33. The van der Waals surface area contributed by atoms with E-state index in [1.165, 1.54) is 17.0 Å². The number of carbonyl (C=O) groups excluding carboxylic acids is 1. The van der Waals surface area contributed by atoms with Crippen LogP contribution in [-0.4, -0.2) is 33.6 Å². The average molecular weight is 238 g/mol. The molecule has 8 heteroatoms. The second-order valence-electron chi connectivity index (χ2n) is 3.53. The van der Waals surface area contributed by atoms with Crippen molar-refractivity contribution in [2.75, 3.05) is 6.54 Å². The van der Waals surface area contributed by atoms with Crippen molar-refractivity contribution in [3.63, 3.8) is 0 Å². The molecule has 0 saturated carbocycles. The van der Waals surface area contributed by atoms with Crippen molar-refractivity contribution in [3.8, 4) is 5.75 Å². The van der Waals surface area contributed by atoms with Gasteiger partial charge < -0.3 is 20.6 Å². The Morgan fingerprint density at radius 2 is 2.41 bits per heavy atom. The zero-order valence-electron chi connectivity index (χ0n) is 8.78. The molecule has 1 aromatic rings. The largest absolute Gasteiger partial charge is 0.416 e. The van der Waals surface area contributed by atoms with Gasteiger partial charge in [-0.05, 0) is 22.4 Å². The summed E-state index contributed by atoms with van der Waals surface area (Å²) in [6.07, 6.45) is 0.988. The zero-order chi connectivity index (χ0) is 12.4. The molecule has 8 nitrogen and oxygen atoms in total. The first-order valence-corrected chi connectivity index (χ1v) is 4.92. The molecule has 0 aromatic carbocycles. The Morgan fingerprint density at radius 3 is 2.82 bits per heavy atom. The second kappa shape index (κ2) is 4.34. The van der Waals surface area contributed by atoms with Crippen molar-refractivity contribution >= 4 is 11.9 Å². The first kappa shape index (κ1) is 11.3. The van der Waals surface area contributed by atoms with Crippen molar-refractivity contribution in [2.45, 2.75) is 12.6 Å². The summed E-state index contributed by atoms with van der Waals surface area (Å²) >= 11 is 0. The number of rotatable bonds is 2. The number of pyridine rings is 1. The summed E-state index contributed by atoms with van der Waals surface area (Å²) < 4.78 is 4.95. The fraction of sp³-hybridized carbons (Fsp3) is 0.333. The molecule has 1 unspecified atom stereocenters. The maximum absolute atomic E-state index is 11.5. The van der Waals surface area contributed by atoms with E-state index in [-0.39, 0.29) is 17.7 Å². The number of hydrogen-bond donors (Lipinski definition) is 1. The van der Waals surface area contributed by atoms with E-state index >= 15 is 0 Å². The number of ether oxygens (including phenoxy) is 1. The van der Waals surface area contributed by atoms with Gasteiger partial charge in [0.25, 0.3) is 0 Å². The summed E-state index contributed by atoms with van der Waals surface area (Å²) in [5, 5.41) is 10.4. The molecule has 90 valence electrons. The van der Waals surface area contributed by atoms with E-state index in [1.807, 2.05) is 0 Å². The fourth-order valence-corrected chi connectivity index (χ4v) is 1.33. The van der Waals surface area contributed by atoms with Crippen LogP contribution >= 0.6 is 0 Å². The molecular formula is C9H10N4O4. The van der Waals surface area contributed by atoms with Gasteiger partial charge in [0.05, 0.1) is 6.17 Å². The molecule has 1 fully saturated rings. The van der Waals surface area contributed by atoms with E-state index in [9.17, 15) is 14.9 Å². The number of nitro groups is 1. The highest BCUT2D eigenvalue weighted by Crippen LogP contribution is 2.18. The third kappa shape index (κ3) is 2.31. The van der Waals surface area contributed by atoms with Crippen LogP contribution in [0.4, 0.5) is 10.6 Å². The van der Waals surface area contributed by atoms with Crippen molar-refractivity contribution < 1.29 is 14.5 Å². The van der Waals surface area contributed by atoms with Crippen molar-refractivity contribution in [1.29, 1.82) is 0 Å². The number of carbonyl (C=O) groups is 1. The molecule has 2 N–H and O–H groups in total. The molecule has 0 bridgehead atoms. The molecule has 1 saturated heterocycles. The van der Waals surface area contributed by atoms with Gasteiger partial charge in [0.1, 0.15) is 0 Å². The SMILES string of the molecule is NC1CCN1C(=O)Oc1ccc([N+](=O)[O-])nc1. The predicted octanol–water partition coefficient (Wildman–Crippen LogP) is 0.479. The molecule has 1 aliphatic rings. The molecule has 0 aliphatic carbocycles. The van der Waals surface area contributed by atoms with E-state index < -0.39 is 11.0 Å². The van der Waals surface area contributed by atoms with Crippen LogP contribution < -0.4 is 10.5 Å². The molecular weight excluding hydrogens is 228 g/mol. The molecule has 1 amide bonds. The van der Waals surface area contributed by atoms with E-state index in [4.69, 9.17) is 10.5 Å². The van der Waals surface area contributed by atoms with Gasteiger partial charge in [-0.3, -0.25) is 4.90 Å². The van der Waals surface area contributed by atoms with Gasteiger partial charge in [-0.2, -0.15) is 0 Å². The number of aromatic nitrogens is 1. The van der Waals surface area contributed by atoms with Gasteiger partial charge in [-0.15, -0.1) is 0 Å². The Morgan fingerprint density at radius 1 is 1.65 bits per heavy atom. The summed E-state index contributed by atoms with van der Waals surface area (Å²) in [6.45, 7) is 0.556. The van der Waals surface area contributed by atoms with Crippen LogP contribution in [0.15, 0.2) is 18.3 Å². The highest BCUT2D eigenvalue weighted by molar-refractivity contribution is 5.71. The summed E-state index contributed by atoms with van der Waals surface area (Å²) in [5.74, 6) is -0.148. The Balaban J connectivity index is 1.99. The van der Waals surface area contributed by atoms with Gasteiger partial charge in [-0.1, -0.05) is 0 Å². The highest BCUT2D eigenvalue weighted by Gasteiger charge is 2.30. The lowest BCUT2D eigenvalue weighted by Crippen LogP contribution is -2.56. The lowest BCUT2D eigenvalue weighted by Gasteiger charge is -2.36. The third-order valence-corrected chi connectivity index (χ3v) is 2.41. The van der Waals surface area contributed by atoms with Crippen LogP contribution in [0.1, 0.15) is 6.42 Å². The average Bonchev–Trinajstić information content (AvgIpc) is 2.27. The second-order valence-corrected chi connectivity index (χ2v) is 3.53. The first-order chi connectivity index (χ1) is 8.08. The van der Waals surface area contributed by atoms with Crippen LogP contribution in [0.3, 0.4) is 0 Å². The molecule has 2 heterocycles. The minimum absolute atomic E-state index is 0.153. The summed E-state index contributed by atoms with van der Waals surface area (Å²) in [5.41, 5.74) is 5.56. The maximum Gasteiger partial charge on any atom is 0.416 e. The third-order valence-electron chi connectivity index (χ3n) is 2.41. The lowest BCUT2D eigenvalue weighted by atomic mass is 10.2. The quantitative estimate of drug-likeness (QED) is 0.592. The monoisotopic (exact) mass is 238 g/mol. The summed E-state index contributed by atoms with van der Waals surface area (Å²) in [7, 11) is 0. The van der Waals surface area contributed by atoms with E-state index in [0.29, 0.717) is 6.54 Å². The normalized spacial score (nSPS) is 18.4. The van der Waals surface area contributed by atoms with Crippen LogP contribution in [0.25, 0.3) is 0 Å². The van der Waals surface area contributed by atoms with Crippen LogP contribution in [-0.2, 0) is 0 Å². The van der Waals surface area contributed by atoms with Crippen LogP contribution in [0.5, 0.6) is 5.75 Å². The topological polar surface area (TPSA) is 112 Å². The Kier molecular flexibility index (Phi) is 2.88. The van der Waals surface area contributed by atoms with Gasteiger partial charge >= 0.3 is 11.9 Å². The van der Waals surface area contributed by atoms with Crippen molar-refractivity contribution in [2.24, 2.45) is 5.73 Å². The van der Waals surface area contributed by atoms with E-state index in [0.717, 1.165) is 12.6 Å². The van der Waals surface area contributed by atoms with Crippen molar-refractivity contribution in [3.05, 3.63) is 28.4 Å². The molecule has 0 radical (unpaired) electrons. The standard InChI is InChI=1S/C9H10N4O4/c10-7-3-4-12(7)9(14)17-6-1-2-8(11-5-6)13(15)16/h1-2,5,7H,3-4,10H2. The minimum atomic E-state index is -0.628. The molecule has 1 atom stereocenters. The summed E-state index contributed by atoms with van der Waals surface area (Å²) in [6, 6.07) is 2.48. The van der Waals surface area contributed by atoms with Gasteiger partial charge in [0.2, 0.25) is 0 Å². The van der Waals surface area contributed by atoms with Gasteiger partial charge in [-0.25, -0.2) is 4.79 Å². The predicted molar refractivity (Wildman–Crippen MR) is 56.2 cm³/mol. The summed E-state index contributed by atoms with van der Waals surface area (Å²) in [4.78, 5) is 26.1. The number of likely N-dealkylation sites (tertiary alicyclic amines) is 1. The molecule has 0 spiro atoms. The van der Waals surface area contributed by atoms with Crippen LogP contribution in [0.2, 0.25) is 0 Å². The van der Waals surface area contributed by atoms with Gasteiger partial charge in [0, 0.05) is 12.6 Å². The van der Waals surface area contributed by atoms with Crippen molar-refractivity contribution in [1.82, 2.24) is 9.88 Å². The van der Waals surface area contributed by atoms with E-state index in [2.05, 4.69) is 4.98 Å². The van der Waals surface area contributed by atoms with E-state index in [1.54, 1.807) is 0 Å². The lowest BCUT2D eigenvalue weighted by molar-refractivity contribution is -0.389. The van der Waals surface area contributed by atoms with Crippen LogP contribution in [0, 0.1) is 10.1 Å². The number of nitrogens with two attached hydrogens (primary N) is 1. The molecule has 1 aliphatic heterocycles. The first-order valence-electron chi connectivity index (χ1n) is 4.92. The minimum Gasteiger partial charge on any atom is -0.406 e. The molecule has 17 heavy (non-hydrogen) atoms. The Bertz CT molecular complexity index is 447. The maximum atomic E-state index is 11.5. The number of nitrogens with zero attached hydrogens (tertiary/aromatic N) is 3. The smallest absolute Gasteiger partial charge is 0.406 e. The number of hydrogen-bond acceptors (Lipinski definition) is 6. The highest BCUT2D eigenvalue weighted by atomic mass is 16.6. The molecule has 1 aromatic heterocycles.